The molecule has 19 heavy (non-hydrogen) atoms. The van der Waals surface area contributed by atoms with E-state index in [1.165, 1.54) is 0 Å². The van der Waals surface area contributed by atoms with Crippen molar-refractivity contribution < 1.29 is 13.6 Å². The number of nitrogens with one attached hydrogen (secondary N) is 1. The fraction of sp³-hybridized carbons (Fsp3) is 0.0714. The minimum absolute atomic E-state index is 0.105. The minimum Gasteiger partial charge on any atom is -0.326 e. The predicted octanol–water partition coefficient (Wildman–Crippen LogP) is 3.43. The van der Waals surface area contributed by atoms with Crippen LogP contribution < -0.4 is 5.32 Å². The molecule has 5 heteroatoms. The molecule has 0 atom stereocenters. The number of carbonyl (C=O) groups excluding carboxylic acids is 1. The number of hydrogen-bond acceptors (Lipinski definition) is 2. The summed E-state index contributed by atoms with van der Waals surface area (Å²) in [5, 5.41) is 2.45. The molecule has 0 aliphatic carbocycles. The molecule has 0 bridgehead atoms. The molecule has 0 radical (unpaired) electrons. The highest BCUT2D eigenvalue weighted by molar-refractivity contribution is 7.80. The quantitative estimate of drug-likeness (QED) is 0.828. The van der Waals surface area contributed by atoms with Gasteiger partial charge in [-0.25, -0.2) is 8.78 Å². The SMILES string of the molecule is O=C(Cc1ccc(S)cc1)Nc1cc(F)cc(F)c1. The number of rotatable bonds is 3. The smallest absolute Gasteiger partial charge is 0.228 e. The average Bonchev–Trinajstić information content (AvgIpc) is 2.30. The molecule has 0 heterocycles. The van der Waals surface area contributed by atoms with Crippen molar-refractivity contribution in [3.8, 4) is 0 Å². The van der Waals surface area contributed by atoms with Crippen LogP contribution in [-0.4, -0.2) is 5.91 Å². The summed E-state index contributed by atoms with van der Waals surface area (Å²) in [6, 6.07) is 9.97. The third-order valence-corrected chi connectivity index (χ3v) is 2.75. The fourth-order valence-corrected chi connectivity index (χ4v) is 1.78. The molecule has 0 aliphatic heterocycles. The second-order valence-electron chi connectivity index (χ2n) is 4.05. The first-order valence-corrected chi connectivity index (χ1v) is 6.01. The van der Waals surface area contributed by atoms with E-state index >= 15 is 0 Å². The van der Waals surface area contributed by atoms with E-state index in [0.717, 1.165) is 28.7 Å². The minimum atomic E-state index is -0.727. The molecule has 0 spiro atoms. The number of benzene rings is 2. The lowest BCUT2D eigenvalue weighted by atomic mass is 10.1. The van der Waals surface area contributed by atoms with Gasteiger partial charge in [-0.1, -0.05) is 12.1 Å². The first-order chi connectivity index (χ1) is 9.02. The summed E-state index contributed by atoms with van der Waals surface area (Å²) in [4.78, 5) is 12.5. The maximum absolute atomic E-state index is 12.9. The normalized spacial score (nSPS) is 10.3. The number of halogens is 2. The van der Waals surface area contributed by atoms with Crippen molar-refractivity contribution in [1.29, 1.82) is 0 Å². The third-order valence-electron chi connectivity index (χ3n) is 2.45. The van der Waals surface area contributed by atoms with Gasteiger partial charge < -0.3 is 5.32 Å². The largest absolute Gasteiger partial charge is 0.326 e. The Morgan fingerprint density at radius 1 is 1.05 bits per heavy atom. The van der Waals surface area contributed by atoms with Crippen LogP contribution in [0.1, 0.15) is 5.56 Å². The molecule has 0 aliphatic rings. The molecule has 0 saturated carbocycles. The molecule has 0 saturated heterocycles. The Kier molecular flexibility index (Phi) is 4.16. The van der Waals surface area contributed by atoms with Crippen molar-refractivity contribution in [3.63, 3.8) is 0 Å². The Labute approximate surface area is 114 Å². The highest BCUT2D eigenvalue weighted by Crippen LogP contribution is 2.14. The molecule has 2 rings (SSSR count). The maximum atomic E-state index is 12.9. The van der Waals surface area contributed by atoms with E-state index in [1.807, 2.05) is 0 Å². The van der Waals surface area contributed by atoms with Gasteiger partial charge in [0, 0.05) is 16.6 Å². The second-order valence-corrected chi connectivity index (χ2v) is 4.57. The van der Waals surface area contributed by atoms with Crippen LogP contribution in [0.25, 0.3) is 0 Å². The van der Waals surface area contributed by atoms with Crippen molar-refractivity contribution in [3.05, 3.63) is 59.7 Å². The van der Waals surface area contributed by atoms with Crippen LogP contribution in [0.4, 0.5) is 14.5 Å². The van der Waals surface area contributed by atoms with Crippen LogP contribution in [0.5, 0.6) is 0 Å². The van der Waals surface area contributed by atoms with Gasteiger partial charge in [-0.15, -0.1) is 12.6 Å². The Morgan fingerprint density at radius 3 is 2.21 bits per heavy atom. The van der Waals surface area contributed by atoms with Crippen LogP contribution in [-0.2, 0) is 11.2 Å². The second kappa shape index (κ2) is 5.84. The van der Waals surface area contributed by atoms with Gasteiger partial charge in [0.2, 0.25) is 5.91 Å². The average molecular weight is 279 g/mol. The zero-order chi connectivity index (χ0) is 13.8. The van der Waals surface area contributed by atoms with E-state index in [4.69, 9.17) is 0 Å². The van der Waals surface area contributed by atoms with Crippen LogP contribution in [0.3, 0.4) is 0 Å². The van der Waals surface area contributed by atoms with Gasteiger partial charge >= 0.3 is 0 Å². The summed E-state index contributed by atoms with van der Waals surface area (Å²) in [6.45, 7) is 0. The van der Waals surface area contributed by atoms with Crippen LogP contribution in [0.15, 0.2) is 47.4 Å². The highest BCUT2D eigenvalue weighted by atomic mass is 32.1. The fourth-order valence-electron chi connectivity index (χ4n) is 1.63. The molecule has 0 unspecified atom stereocenters. The van der Waals surface area contributed by atoms with Gasteiger partial charge in [0.15, 0.2) is 0 Å². The van der Waals surface area contributed by atoms with E-state index < -0.39 is 11.6 Å². The number of anilines is 1. The molecule has 0 aromatic heterocycles. The maximum Gasteiger partial charge on any atom is 0.228 e. The van der Waals surface area contributed by atoms with E-state index in [2.05, 4.69) is 17.9 Å². The van der Waals surface area contributed by atoms with Gasteiger partial charge in [0.25, 0.3) is 0 Å². The van der Waals surface area contributed by atoms with Gasteiger partial charge in [-0.05, 0) is 29.8 Å². The number of hydrogen-bond donors (Lipinski definition) is 2. The van der Waals surface area contributed by atoms with Crippen LogP contribution in [0.2, 0.25) is 0 Å². The molecule has 2 nitrogen and oxygen atoms in total. The molecule has 2 aromatic carbocycles. The van der Waals surface area contributed by atoms with Crippen molar-refractivity contribution in [2.24, 2.45) is 0 Å². The van der Waals surface area contributed by atoms with E-state index in [-0.39, 0.29) is 18.0 Å². The van der Waals surface area contributed by atoms with Crippen molar-refractivity contribution in [2.75, 3.05) is 5.32 Å². The summed E-state index contributed by atoms with van der Waals surface area (Å²) in [6.07, 6.45) is 0.131. The first kappa shape index (κ1) is 13.5. The molecular formula is C14H11F2NOS. The molecule has 98 valence electrons. The van der Waals surface area contributed by atoms with Gasteiger partial charge in [0.05, 0.1) is 6.42 Å². The van der Waals surface area contributed by atoms with Gasteiger partial charge in [0.1, 0.15) is 11.6 Å². The number of carbonyl (C=O) groups is 1. The monoisotopic (exact) mass is 279 g/mol. The lowest BCUT2D eigenvalue weighted by Gasteiger charge is -2.06. The predicted molar refractivity (Wildman–Crippen MR) is 72.4 cm³/mol. The lowest BCUT2D eigenvalue weighted by Crippen LogP contribution is -2.14. The van der Waals surface area contributed by atoms with Crippen LogP contribution >= 0.6 is 12.6 Å². The van der Waals surface area contributed by atoms with E-state index in [9.17, 15) is 13.6 Å². The van der Waals surface area contributed by atoms with Crippen LogP contribution in [0, 0.1) is 11.6 Å². The molecular weight excluding hydrogens is 268 g/mol. The zero-order valence-corrected chi connectivity index (χ0v) is 10.8. The Balaban J connectivity index is 2.03. The third kappa shape index (κ3) is 4.06. The van der Waals surface area contributed by atoms with Crippen molar-refractivity contribution in [1.82, 2.24) is 0 Å². The summed E-state index contributed by atoms with van der Waals surface area (Å²) in [5.41, 5.74) is 0.903. The van der Waals surface area contributed by atoms with Gasteiger partial charge in [-0.2, -0.15) is 0 Å². The lowest BCUT2D eigenvalue weighted by molar-refractivity contribution is -0.115. The molecule has 1 N–H and O–H groups in total. The Bertz CT molecular complexity index is 579. The van der Waals surface area contributed by atoms with E-state index in [0.29, 0.717) is 0 Å². The van der Waals surface area contributed by atoms with Crippen molar-refractivity contribution in [2.45, 2.75) is 11.3 Å². The highest BCUT2D eigenvalue weighted by Gasteiger charge is 2.06. The standard InChI is InChI=1S/C14H11F2NOS/c15-10-6-11(16)8-12(7-10)17-14(18)5-9-1-3-13(19)4-2-9/h1-4,6-8,19H,5H2,(H,17,18). The number of thiol groups is 1. The Morgan fingerprint density at radius 2 is 1.63 bits per heavy atom. The Hall–Kier alpha value is -1.88. The summed E-state index contributed by atoms with van der Waals surface area (Å²) in [7, 11) is 0. The molecule has 2 aromatic rings. The summed E-state index contributed by atoms with van der Waals surface area (Å²) in [5.74, 6) is -1.79. The van der Waals surface area contributed by atoms with Gasteiger partial charge in [-0.3, -0.25) is 4.79 Å². The topological polar surface area (TPSA) is 29.1 Å². The molecule has 1 amide bonds. The number of amides is 1. The summed E-state index contributed by atoms with van der Waals surface area (Å²) < 4.78 is 25.9. The first-order valence-electron chi connectivity index (χ1n) is 5.57. The van der Waals surface area contributed by atoms with E-state index in [1.54, 1.807) is 24.3 Å². The van der Waals surface area contributed by atoms with Crippen molar-refractivity contribution >= 4 is 24.2 Å². The zero-order valence-electron chi connectivity index (χ0n) is 9.86. The molecule has 0 fully saturated rings. The summed E-state index contributed by atoms with van der Waals surface area (Å²) >= 11 is 4.14.